The van der Waals surface area contributed by atoms with Crippen molar-refractivity contribution in [3.8, 4) is 11.5 Å². The number of furan rings is 1. The zero-order valence-electron chi connectivity index (χ0n) is 17.0. The molecule has 4 aromatic rings. The molecule has 0 aliphatic heterocycles. The number of carbonyl (C=O) groups is 1. The third kappa shape index (κ3) is 4.16. The highest BCUT2D eigenvalue weighted by Gasteiger charge is 2.22. The molecule has 0 bridgehead atoms. The van der Waals surface area contributed by atoms with Crippen molar-refractivity contribution in [3.05, 3.63) is 71.7 Å². The Morgan fingerprint density at radius 2 is 2.00 bits per heavy atom. The second-order valence-corrected chi connectivity index (χ2v) is 7.88. The van der Waals surface area contributed by atoms with Crippen molar-refractivity contribution in [2.45, 2.75) is 19.9 Å². The first-order chi connectivity index (χ1) is 14.6. The summed E-state index contributed by atoms with van der Waals surface area (Å²) in [5.41, 5.74) is 2.71. The molecular weight excluding hydrogens is 400 g/mol. The molecular formula is C23H22N2O4S. The average Bonchev–Trinajstić information content (AvgIpc) is 3.40. The maximum atomic E-state index is 13.3. The summed E-state index contributed by atoms with van der Waals surface area (Å²) in [4.78, 5) is 19.7. The number of hydrogen-bond donors (Lipinski definition) is 0. The molecule has 0 aliphatic rings. The number of aromatic nitrogens is 1. The van der Waals surface area contributed by atoms with Gasteiger partial charge in [0, 0.05) is 6.07 Å². The first-order valence-electron chi connectivity index (χ1n) is 9.48. The molecule has 7 heteroatoms. The van der Waals surface area contributed by atoms with Gasteiger partial charge in [-0.1, -0.05) is 23.5 Å². The molecule has 0 N–H and O–H groups in total. The summed E-state index contributed by atoms with van der Waals surface area (Å²) in [6.07, 6.45) is 1.86. The highest BCUT2D eigenvalue weighted by molar-refractivity contribution is 7.22. The Bertz CT molecular complexity index is 1170. The number of benzene rings is 2. The molecule has 2 aromatic heterocycles. The SMILES string of the molecule is COc1ccc2sc(N(Cc3ccco3)C(=O)Cc3ccc(OC)c(C)c3)nc2c1. The molecule has 1 amide bonds. The summed E-state index contributed by atoms with van der Waals surface area (Å²) in [5.74, 6) is 2.18. The molecule has 0 spiro atoms. The Hall–Kier alpha value is -3.32. The first-order valence-corrected chi connectivity index (χ1v) is 10.3. The fourth-order valence-corrected chi connectivity index (χ4v) is 4.24. The summed E-state index contributed by atoms with van der Waals surface area (Å²) in [5, 5.41) is 0.630. The number of ether oxygens (including phenoxy) is 2. The van der Waals surface area contributed by atoms with E-state index in [1.165, 1.54) is 11.3 Å². The standard InChI is InChI=1S/C23H22N2O4S/c1-15-11-16(6-8-20(15)28-3)12-22(26)25(14-18-5-4-10-29-18)23-24-19-13-17(27-2)7-9-21(19)30-23/h4-11,13H,12,14H2,1-3H3. The molecule has 154 valence electrons. The Morgan fingerprint density at radius 1 is 1.13 bits per heavy atom. The van der Waals surface area contributed by atoms with Crippen LogP contribution >= 0.6 is 11.3 Å². The smallest absolute Gasteiger partial charge is 0.233 e. The average molecular weight is 423 g/mol. The van der Waals surface area contributed by atoms with Crippen LogP contribution in [0.15, 0.2) is 59.2 Å². The minimum atomic E-state index is -0.0537. The van der Waals surface area contributed by atoms with Gasteiger partial charge in [-0.2, -0.15) is 0 Å². The minimum absolute atomic E-state index is 0.0537. The number of hydrogen-bond acceptors (Lipinski definition) is 6. The predicted molar refractivity (Wildman–Crippen MR) is 118 cm³/mol. The van der Waals surface area contributed by atoms with Crippen LogP contribution in [0.2, 0.25) is 0 Å². The van der Waals surface area contributed by atoms with E-state index < -0.39 is 0 Å². The third-order valence-corrected chi connectivity index (χ3v) is 5.88. The van der Waals surface area contributed by atoms with Gasteiger partial charge in [0.25, 0.3) is 0 Å². The summed E-state index contributed by atoms with van der Waals surface area (Å²) in [6, 6.07) is 15.2. The van der Waals surface area contributed by atoms with E-state index in [0.29, 0.717) is 17.4 Å². The van der Waals surface area contributed by atoms with E-state index >= 15 is 0 Å². The van der Waals surface area contributed by atoms with E-state index in [0.717, 1.165) is 32.8 Å². The van der Waals surface area contributed by atoms with Crippen LogP contribution in [0.3, 0.4) is 0 Å². The summed E-state index contributed by atoms with van der Waals surface area (Å²) in [6.45, 7) is 2.28. The second kappa shape index (κ2) is 8.59. The number of fused-ring (bicyclic) bond motifs is 1. The van der Waals surface area contributed by atoms with Crippen molar-refractivity contribution in [2.24, 2.45) is 0 Å². The first kappa shape index (κ1) is 20.0. The number of anilines is 1. The molecule has 0 radical (unpaired) electrons. The fourth-order valence-electron chi connectivity index (χ4n) is 3.28. The number of aryl methyl sites for hydroxylation is 1. The van der Waals surface area contributed by atoms with Crippen LogP contribution in [-0.4, -0.2) is 25.1 Å². The number of amides is 1. The van der Waals surface area contributed by atoms with Crippen LogP contribution in [0.25, 0.3) is 10.2 Å². The lowest BCUT2D eigenvalue weighted by Crippen LogP contribution is -2.31. The van der Waals surface area contributed by atoms with Crippen molar-refractivity contribution in [1.82, 2.24) is 4.98 Å². The van der Waals surface area contributed by atoms with Crippen molar-refractivity contribution < 1.29 is 18.7 Å². The van der Waals surface area contributed by atoms with E-state index in [4.69, 9.17) is 18.9 Å². The monoisotopic (exact) mass is 422 g/mol. The number of nitrogens with zero attached hydrogens (tertiary/aromatic N) is 2. The Labute approximate surface area is 178 Å². The van der Waals surface area contributed by atoms with Gasteiger partial charge >= 0.3 is 0 Å². The van der Waals surface area contributed by atoms with Gasteiger partial charge in [0.15, 0.2) is 5.13 Å². The molecule has 0 fully saturated rings. The molecule has 0 saturated carbocycles. The van der Waals surface area contributed by atoms with E-state index in [1.807, 2.05) is 55.5 Å². The van der Waals surface area contributed by atoms with Crippen molar-refractivity contribution >= 4 is 32.6 Å². The van der Waals surface area contributed by atoms with E-state index in [-0.39, 0.29) is 12.3 Å². The van der Waals surface area contributed by atoms with Crippen LogP contribution in [0, 0.1) is 6.92 Å². The van der Waals surface area contributed by atoms with Crippen LogP contribution < -0.4 is 14.4 Å². The van der Waals surface area contributed by atoms with Crippen molar-refractivity contribution in [2.75, 3.05) is 19.1 Å². The Morgan fingerprint density at radius 3 is 2.70 bits per heavy atom. The highest BCUT2D eigenvalue weighted by atomic mass is 32.1. The van der Waals surface area contributed by atoms with Gasteiger partial charge in [0.05, 0.1) is 43.7 Å². The van der Waals surface area contributed by atoms with E-state index in [1.54, 1.807) is 25.4 Å². The van der Waals surface area contributed by atoms with Gasteiger partial charge in [0.1, 0.15) is 17.3 Å². The van der Waals surface area contributed by atoms with Crippen LogP contribution in [0.4, 0.5) is 5.13 Å². The molecule has 2 aromatic carbocycles. The number of thiazole rings is 1. The normalized spacial score (nSPS) is 10.9. The quantitative estimate of drug-likeness (QED) is 0.420. The maximum Gasteiger partial charge on any atom is 0.233 e. The fraction of sp³-hybridized carbons (Fsp3) is 0.217. The Kier molecular flexibility index (Phi) is 5.72. The number of rotatable bonds is 7. The lowest BCUT2D eigenvalue weighted by Gasteiger charge is -2.19. The lowest BCUT2D eigenvalue weighted by atomic mass is 10.1. The van der Waals surface area contributed by atoms with Gasteiger partial charge in [-0.15, -0.1) is 0 Å². The van der Waals surface area contributed by atoms with Crippen molar-refractivity contribution in [3.63, 3.8) is 0 Å². The number of carbonyl (C=O) groups excluding carboxylic acids is 1. The summed E-state index contributed by atoms with van der Waals surface area (Å²) >= 11 is 1.47. The molecule has 0 aliphatic carbocycles. The topological polar surface area (TPSA) is 64.8 Å². The van der Waals surface area contributed by atoms with E-state index in [2.05, 4.69) is 0 Å². The minimum Gasteiger partial charge on any atom is -0.497 e. The third-order valence-electron chi connectivity index (χ3n) is 4.82. The molecule has 30 heavy (non-hydrogen) atoms. The van der Waals surface area contributed by atoms with Gasteiger partial charge in [-0.05, 0) is 48.4 Å². The van der Waals surface area contributed by atoms with Crippen LogP contribution in [0.1, 0.15) is 16.9 Å². The largest absolute Gasteiger partial charge is 0.497 e. The zero-order valence-corrected chi connectivity index (χ0v) is 17.9. The molecule has 0 unspecified atom stereocenters. The Balaban J connectivity index is 1.65. The van der Waals surface area contributed by atoms with Gasteiger partial charge in [0.2, 0.25) is 5.91 Å². The molecule has 4 rings (SSSR count). The van der Waals surface area contributed by atoms with Gasteiger partial charge in [-0.25, -0.2) is 4.98 Å². The van der Waals surface area contributed by atoms with Crippen LogP contribution in [-0.2, 0) is 17.8 Å². The maximum absolute atomic E-state index is 13.3. The second-order valence-electron chi connectivity index (χ2n) is 6.87. The molecule has 2 heterocycles. The van der Waals surface area contributed by atoms with E-state index in [9.17, 15) is 4.79 Å². The number of methoxy groups -OCH3 is 2. The van der Waals surface area contributed by atoms with Crippen molar-refractivity contribution in [1.29, 1.82) is 0 Å². The van der Waals surface area contributed by atoms with Gasteiger partial charge < -0.3 is 13.9 Å². The van der Waals surface area contributed by atoms with Crippen LogP contribution in [0.5, 0.6) is 11.5 Å². The summed E-state index contributed by atoms with van der Waals surface area (Å²) < 4.78 is 17.1. The van der Waals surface area contributed by atoms with Gasteiger partial charge in [-0.3, -0.25) is 9.69 Å². The predicted octanol–water partition coefficient (Wildman–Crippen LogP) is 4.99. The zero-order chi connectivity index (χ0) is 21.1. The lowest BCUT2D eigenvalue weighted by molar-refractivity contribution is -0.118. The molecule has 6 nitrogen and oxygen atoms in total. The highest BCUT2D eigenvalue weighted by Crippen LogP contribution is 2.32. The summed E-state index contributed by atoms with van der Waals surface area (Å²) in [7, 11) is 3.26. The molecule has 0 saturated heterocycles. The molecule has 0 atom stereocenters.